The maximum absolute atomic E-state index is 13.5. The summed E-state index contributed by atoms with van der Waals surface area (Å²) in [5, 5.41) is 4.28. The zero-order valence-corrected chi connectivity index (χ0v) is 8.99. The van der Waals surface area contributed by atoms with Gasteiger partial charge < -0.3 is 15.2 Å². The molecule has 0 aliphatic heterocycles. The number of nitrogens with two attached hydrogens (primary N) is 1. The Balaban J connectivity index is 2.26. The Morgan fingerprint density at radius 1 is 1.41 bits per heavy atom. The Labute approximate surface area is 95.4 Å². The zero-order chi connectivity index (χ0) is 12.0. The second-order valence-electron chi connectivity index (χ2n) is 3.76. The summed E-state index contributed by atoms with van der Waals surface area (Å²) in [4.78, 5) is 6.95. The van der Waals surface area contributed by atoms with E-state index in [2.05, 4.69) is 15.1 Å². The lowest BCUT2D eigenvalue weighted by molar-refractivity contribution is 0.424. The van der Waals surface area contributed by atoms with Crippen molar-refractivity contribution in [3.63, 3.8) is 0 Å². The second-order valence-corrected chi connectivity index (χ2v) is 3.76. The van der Waals surface area contributed by atoms with Crippen molar-refractivity contribution in [1.82, 2.24) is 15.1 Å². The fourth-order valence-electron chi connectivity index (χ4n) is 1.73. The van der Waals surface area contributed by atoms with Crippen LogP contribution in [0, 0.1) is 12.7 Å². The highest BCUT2D eigenvalue weighted by Gasteiger charge is 2.13. The molecule has 3 aromatic rings. The third-order valence-electron chi connectivity index (χ3n) is 2.53. The predicted molar refractivity (Wildman–Crippen MR) is 60.7 cm³/mol. The standard InChI is InChI=1S/C11H9FN4O/c1-5-14-11(17-16-5)9-4-6-8(13)3-2-7(12)10(6)15-9/h2-4,15H,13H2,1H3. The van der Waals surface area contributed by atoms with Crippen LogP contribution in [0.4, 0.5) is 10.1 Å². The van der Waals surface area contributed by atoms with Crippen LogP contribution in [0.15, 0.2) is 22.7 Å². The van der Waals surface area contributed by atoms with Crippen molar-refractivity contribution in [3.05, 3.63) is 29.8 Å². The average molecular weight is 232 g/mol. The number of aryl methyl sites for hydroxylation is 1. The number of anilines is 1. The van der Waals surface area contributed by atoms with E-state index in [-0.39, 0.29) is 5.82 Å². The van der Waals surface area contributed by atoms with Gasteiger partial charge in [-0.2, -0.15) is 4.98 Å². The molecular weight excluding hydrogens is 223 g/mol. The van der Waals surface area contributed by atoms with E-state index in [9.17, 15) is 4.39 Å². The minimum absolute atomic E-state index is 0.317. The van der Waals surface area contributed by atoms with Gasteiger partial charge in [-0.25, -0.2) is 4.39 Å². The van der Waals surface area contributed by atoms with Gasteiger partial charge in [0, 0.05) is 11.1 Å². The minimum atomic E-state index is -0.364. The van der Waals surface area contributed by atoms with Gasteiger partial charge in [-0.15, -0.1) is 0 Å². The zero-order valence-electron chi connectivity index (χ0n) is 8.99. The molecule has 6 heteroatoms. The van der Waals surface area contributed by atoms with Crippen molar-refractivity contribution in [2.24, 2.45) is 0 Å². The van der Waals surface area contributed by atoms with Crippen LogP contribution < -0.4 is 5.73 Å². The van der Waals surface area contributed by atoms with Crippen molar-refractivity contribution in [2.45, 2.75) is 6.92 Å². The van der Waals surface area contributed by atoms with E-state index < -0.39 is 0 Å². The number of hydrogen-bond donors (Lipinski definition) is 2. The average Bonchev–Trinajstić information content (AvgIpc) is 2.90. The van der Waals surface area contributed by atoms with E-state index in [0.29, 0.717) is 34.0 Å². The number of benzene rings is 1. The number of fused-ring (bicyclic) bond motifs is 1. The van der Waals surface area contributed by atoms with E-state index in [4.69, 9.17) is 10.3 Å². The Kier molecular flexibility index (Phi) is 1.91. The quantitative estimate of drug-likeness (QED) is 0.630. The lowest BCUT2D eigenvalue weighted by Crippen LogP contribution is -1.86. The van der Waals surface area contributed by atoms with Gasteiger partial charge >= 0.3 is 0 Å². The number of hydrogen-bond acceptors (Lipinski definition) is 4. The summed E-state index contributed by atoms with van der Waals surface area (Å²) in [5.41, 5.74) is 7.17. The van der Waals surface area contributed by atoms with Gasteiger partial charge in [0.2, 0.25) is 0 Å². The lowest BCUT2D eigenvalue weighted by atomic mass is 10.2. The molecule has 3 rings (SSSR count). The first-order valence-corrected chi connectivity index (χ1v) is 5.02. The van der Waals surface area contributed by atoms with Crippen LogP contribution in [0.3, 0.4) is 0 Å². The van der Waals surface area contributed by atoms with Gasteiger partial charge in [-0.3, -0.25) is 0 Å². The fourth-order valence-corrected chi connectivity index (χ4v) is 1.73. The third kappa shape index (κ3) is 1.45. The van der Waals surface area contributed by atoms with Crippen LogP contribution in [-0.2, 0) is 0 Å². The second kappa shape index (κ2) is 3.31. The summed E-state index contributed by atoms with van der Waals surface area (Å²) in [6.07, 6.45) is 0. The molecule has 0 spiro atoms. The van der Waals surface area contributed by atoms with E-state index >= 15 is 0 Å². The Morgan fingerprint density at radius 3 is 2.88 bits per heavy atom. The van der Waals surface area contributed by atoms with E-state index in [1.807, 2.05) is 0 Å². The maximum atomic E-state index is 13.5. The van der Waals surface area contributed by atoms with Crippen LogP contribution in [0.2, 0.25) is 0 Å². The number of nitrogens with zero attached hydrogens (tertiary/aromatic N) is 2. The van der Waals surface area contributed by atoms with Crippen LogP contribution in [0.5, 0.6) is 0 Å². The molecule has 1 aromatic carbocycles. The molecule has 0 saturated heterocycles. The molecule has 0 atom stereocenters. The molecular formula is C11H9FN4O. The molecule has 0 fully saturated rings. The summed E-state index contributed by atoms with van der Waals surface area (Å²) in [6.45, 7) is 1.71. The van der Waals surface area contributed by atoms with Crippen molar-refractivity contribution >= 4 is 16.6 Å². The summed E-state index contributed by atoms with van der Waals surface area (Å²) >= 11 is 0. The highest BCUT2D eigenvalue weighted by Crippen LogP contribution is 2.28. The van der Waals surface area contributed by atoms with Crippen molar-refractivity contribution < 1.29 is 8.91 Å². The first kappa shape index (κ1) is 9.83. The van der Waals surface area contributed by atoms with Crippen molar-refractivity contribution in [2.75, 3.05) is 5.73 Å². The molecule has 17 heavy (non-hydrogen) atoms. The molecule has 2 aromatic heterocycles. The highest BCUT2D eigenvalue weighted by atomic mass is 19.1. The monoisotopic (exact) mass is 232 g/mol. The van der Waals surface area contributed by atoms with E-state index in [0.717, 1.165) is 0 Å². The molecule has 0 unspecified atom stereocenters. The summed E-state index contributed by atoms with van der Waals surface area (Å²) in [6, 6.07) is 4.53. The van der Waals surface area contributed by atoms with Crippen LogP contribution in [0.25, 0.3) is 22.5 Å². The first-order chi connectivity index (χ1) is 8.15. The molecule has 0 amide bonds. The normalized spacial score (nSPS) is 11.2. The number of halogens is 1. The smallest absolute Gasteiger partial charge is 0.274 e. The van der Waals surface area contributed by atoms with Gasteiger partial charge in [0.05, 0.1) is 5.52 Å². The molecule has 86 valence electrons. The van der Waals surface area contributed by atoms with Crippen molar-refractivity contribution in [1.29, 1.82) is 0 Å². The number of nitrogens with one attached hydrogen (secondary N) is 1. The largest absolute Gasteiger partial charge is 0.398 e. The van der Waals surface area contributed by atoms with E-state index in [1.54, 1.807) is 13.0 Å². The number of nitrogen functional groups attached to an aromatic ring is 1. The van der Waals surface area contributed by atoms with Gasteiger partial charge in [0.25, 0.3) is 5.89 Å². The number of H-pyrrole nitrogens is 1. The summed E-state index contributed by atoms with van der Waals surface area (Å²) < 4.78 is 18.6. The Morgan fingerprint density at radius 2 is 2.24 bits per heavy atom. The van der Waals surface area contributed by atoms with Crippen LogP contribution in [0.1, 0.15) is 5.82 Å². The molecule has 0 aliphatic carbocycles. The lowest BCUT2D eigenvalue weighted by Gasteiger charge is -1.95. The predicted octanol–water partition coefficient (Wildman–Crippen LogP) is 2.25. The molecule has 5 nitrogen and oxygen atoms in total. The SMILES string of the molecule is Cc1noc(-c2cc3c(N)ccc(F)c3[nH]2)n1. The van der Waals surface area contributed by atoms with Gasteiger partial charge in [0.15, 0.2) is 5.82 Å². The maximum Gasteiger partial charge on any atom is 0.274 e. The highest BCUT2D eigenvalue weighted by molar-refractivity contribution is 5.94. The molecule has 0 saturated carbocycles. The third-order valence-corrected chi connectivity index (χ3v) is 2.53. The van der Waals surface area contributed by atoms with Crippen LogP contribution in [-0.4, -0.2) is 15.1 Å². The summed E-state index contributed by atoms with van der Waals surface area (Å²) in [7, 11) is 0. The van der Waals surface area contributed by atoms with Gasteiger partial charge in [-0.05, 0) is 25.1 Å². The molecule has 0 aliphatic rings. The molecule has 2 heterocycles. The topological polar surface area (TPSA) is 80.7 Å². The van der Waals surface area contributed by atoms with Gasteiger partial charge in [0.1, 0.15) is 11.5 Å². The van der Waals surface area contributed by atoms with Crippen LogP contribution >= 0.6 is 0 Å². The number of aromatic amines is 1. The fraction of sp³-hybridized carbons (Fsp3) is 0.0909. The van der Waals surface area contributed by atoms with Crippen molar-refractivity contribution in [3.8, 4) is 11.6 Å². The Hall–Kier alpha value is -2.37. The molecule has 3 N–H and O–H groups in total. The Bertz CT molecular complexity index is 662. The number of aromatic nitrogens is 3. The molecule has 0 radical (unpaired) electrons. The van der Waals surface area contributed by atoms with Gasteiger partial charge in [-0.1, -0.05) is 5.16 Å². The molecule has 0 bridgehead atoms. The number of rotatable bonds is 1. The minimum Gasteiger partial charge on any atom is -0.398 e. The first-order valence-electron chi connectivity index (χ1n) is 5.02. The van der Waals surface area contributed by atoms with E-state index in [1.165, 1.54) is 12.1 Å². The summed E-state index contributed by atoms with van der Waals surface area (Å²) in [5.74, 6) is 0.473.